The third-order valence-corrected chi connectivity index (χ3v) is 1.71. The van der Waals surface area contributed by atoms with Crippen LogP contribution in [0.1, 0.15) is 17.4 Å². The summed E-state index contributed by atoms with van der Waals surface area (Å²) < 4.78 is 4.61. The van der Waals surface area contributed by atoms with Crippen LogP contribution in [0.4, 0.5) is 5.69 Å². The van der Waals surface area contributed by atoms with Crippen molar-refractivity contribution in [1.82, 2.24) is 4.98 Å². The Morgan fingerprint density at radius 2 is 2.40 bits per heavy atom. The van der Waals surface area contributed by atoms with Crippen molar-refractivity contribution in [2.75, 3.05) is 6.61 Å². The maximum Gasteiger partial charge on any atom is 0.364 e. The molecule has 0 aliphatic carbocycles. The predicted octanol–water partition coefficient (Wildman–Crippen LogP) is 1.82. The molecule has 80 valence electrons. The molecule has 0 fully saturated rings. The Balaban J connectivity index is 3.17. The summed E-state index contributed by atoms with van der Waals surface area (Å²) in [5.41, 5.74) is -0.799. The number of nitrogens with zero attached hydrogens (tertiary/aromatic N) is 2. The van der Waals surface area contributed by atoms with Crippen LogP contribution in [-0.4, -0.2) is 22.5 Å². The molecule has 1 aromatic heterocycles. The molecule has 0 saturated carbocycles. The smallest absolute Gasteiger partial charge is 0.364 e. The lowest BCUT2D eigenvalue weighted by molar-refractivity contribution is -0.385. The van der Waals surface area contributed by atoms with Gasteiger partial charge < -0.3 is 4.74 Å². The van der Waals surface area contributed by atoms with Crippen LogP contribution < -0.4 is 0 Å². The molecule has 0 atom stereocenters. The lowest BCUT2D eigenvalue weighted by Gasteiger charge is -2.01. The minimum absolute atomic E-state index is 0.0924. The number of carbonyl (C=O) groups is 1. The third-order valence-electron chi connectivity index (χ3n) is 1.50. The van der Waals surface area contributed by atoms with Crippen LogP contribution in [0, 0.1) is 10.1 Å². The van der Waals surface area contributed by atoms with Gasteiger partial charge in [0.15, 0.2) is 0 Å². The van der Waals surface area contributed by atoms with E-state index in [-0.39, 0.29) is 17.3 Å². The average molecular weight is 231 g/mol. The number of aromatic nitrogens is 1. The molecule has 0 bridgehead atoms. The summed E-state index contributed by atoms with van der Waals surface area (Å²) in [5.74, 6) is -0.833. The maximum atomic E-state index is 11.2. The van der Waals surface area contributed by atoms with Gasteiger partial charge in [-0.2, -0.15) is 0 Å². The van der Waals surface area contributed by atoms with Crippen molar-refractivity contribution in [3.8, 4) is 0 Å². The van der Waals surface area contributed by atoms with E-state index in [9.17, 15) is 14.9 Å². The average Bonchev–Trinajstić information content (AvgIpc) is 2.17. The molecule has 0 aliphatic rings. The molecule has 0 radical (unpaired) electrons. The van der Waals surface area contributed by atoms with Gasteiger partial charge in [0, 0.05) is 12.3 Å². The molecule has 7 heteroatoms. The highest BCUT2D eigenvalue weighted by molar-refractivity contribution is 6.30. The third kappa shape index (κ3) is 2.63. The Labute approximate surface area is 90.0 Å². The van der Waals surface area contributed by atoms with Crippen LogP contribution in [0.15, 0.2) is 12.3 Å². The van der Waals surface area contributed by atoms with Gasteiger partial charge in [-0.05, 0) is 6.92 Å². The van der Waals surface area contributed by atoms with Gasteiger partial charge in [-0.3, -0.25) is 10.1 Å². The number of halogens is 1. The summed E-state index contributed by atoms with van der Waals surface area (Å²) in [5, 5.41) is 10.7. The quantitative estimate of drug-likeness (QED) is 0.449. The highest BCUT2D eigenvalue weighted by Gasteiger charge is 2.23. The minimum Gasteiger partial charge on any atom is -0.461 e. The van der Waals surface area contributed by atoms with Crippen LogP contribution >= 0.6 is 11.6 Å². The number of hydrogen-bond donors (Lipinski definition) is 0. The van der Waals surface area contributed by atoms with E-state index < -0.39 is 16.6 Å². The molecular weight excluding hydrogens is 224 g/mol. The maximum absolute atomic E-state index is 11.2. The van der Waals surface area contributed by atoms with Crippen LogP contribution in [0.3, 0.4) is 0 Å². The number of esters is 1. The molecule has 0 unspecified atom stereocenters. The second-order valence-electron chi connectivity index (χ2n) is 2.50. The van der Waals surface area contributed by atoms with Crippen molar-refractivity contribution < 1.29 is 14.5 Å². The molecule has 1 rings (SSSR count). The molecule has 1 aromatic rings. The van der Waals surface area contributed by atoms with E-state index in [1.165, 1.54) is 0 Å². The Morgan fingerprint density at radius 3 is 2.93 bits per heavy atom. The highest BCUT2D eigenvalue weighted by Crippen LogP contribution is 2.21. The number of rotatable bonds is 3. The summed E-state index contributed by atoms with van der Waals surface area (Å²) in [6.45, 7) is 1.72. The number of pyridine rings is 1. The first-order valence-corrected chi connectivity index (χ1v) is 4.41. The molecule has 6 nitrogen and oxygen atoms in total. The summed E-state index contributed by atoms with van der Waals surface area (Å²) in [6.07, 6.45) is 1.15. The van der Waals surface area contributed by atoms with E-state index in [4.69, 9.17) is 11.6 Å². The molecule has 15 heavy (non-hydrogen) atoms. The second-order valence-corrected chi connectivity index (χ2v) is 2.94. The zero-order chi connectivity index (χ0) is 11.4. The first kappa shape index (κ1) is 11.4. The molecule has 0 aliphatic heterocycles. The summed E-state index contributed by atoms with van der Waals surface area (Å²) >= 11 is 5.52. The normalized spacial score (nSPS) is 9.73. The van der Waals surface area contributed by atoms with Gasteiger partial charge in [-0.15, -0.1) is 0 Å². The molecule has 0 amide bonds. The second kappa shape index (κ2) is 4.70. The number of ether oxygens (including phenoxy) is 1. The van der Waals surface area contributed by atoms with Crippen molar-refractivity contribution in [1.29, 1.82) is 0 Å². The Kier molecular flexibility index (Phi) is 3.56. The summed E-state index contributed by atoms with van der Waals surface area (Å²) in [6, 6.07) is 1.06. The van der Waals surface area contributed by atoms with Crippen molar-refractivity contribution in [2.45, 2.75) is 6.92 Å². The molecule has 0 aromatic carbocycles. The van der Waals surface area contributed by atoms with Crippen LogP contribution in [0.5, 0.6) is 0 Å². The van der Waals surface area contributed by atoms with E-state index in [1.54, 1.807) is 6.92 Å². The van der Waals surface area contributed by atoms with Crippen molar-refractivity contribution in [3.05, 3.63) is 33.1 Å². The van der Waals surface area contributed by atoms with Crippen molar-refractivity contribution in [3.63, 3.8) is 0 Å². The van der Waals surface area contributed by atoms with E-state index >= 15 is 0 Å². The number of carbonyl (C=O) groups excluding carboxylic acids is 1. The first-order chi connectivity index (χ1) is 7.06. The predicted molar refractivity (Wildman–Crippen MR) is 51.9 cm³/mol. The van der Waals surface area contributed by atoms with Gasteiger partial charge in [-0.1, -0.05) is 11.6 Å². The van der Waals surface area contributed by atoms with Gasteiger partial charge >= 0.3 is 11.7 Å². The van der Waals surface area contributed by atoms with E-state index in [0.29, 0.717) is 0 Å². The lowest BCUT2D eigenvalue weighted by atomic mass is 10.3. The minimum atomic E-state index is -0.833. The van der Waals surface area contributed by atoms with Gasteiger partial charge in [0.25, 0.3) is 0 Å². The van der Waals surface area contributed by atoms with E-state index in [2.05, 4.69) is 9.72 Å². The van der Waals surface area contributed by atoms with Gasteiger partial charge in [0.2, 0.25) is 5.69 Å². The molecule has 0 spiro atoms. The number of hydrogen-bond acceptors (Lipinski definition) is 5. The fourth-order valence-corrected chi connectivity index (χ4v) is 1.08. The van der Waals surface area contributed by atoms with Crippen LogP contribution in [0.25, 0.3) is 0 Å². The molecule has 0 saturated heterocycles. The van der Waals surface area contributed by atoms with E-state index in [0.717, 1.165) is 12.3 Å². The van der Waals surface area contributed by atoms with E-state index in [1.807, 2.05) is 0 Å². The number of nitro groups is 1. The Bertz CT molecular complexity index is 408. The fraction of sp³-hybridized carbons (Fsp3) is 0.250. The van der Waals surface area contributed by atoms with Crippen LogP contribution in [0.2, 0.25) is 5.02 Å². The largest absolute Gasteiger partial charge is 0.461 e. The highest BCUT2D eigenvalue weighted by atomic mass is 35.5. The van der Waals surface area contributed by atoms with Crippen molar-refractivity contribution >= 4 is 23.3 Å². The van der Waals surface area contributed by atoms with Crippen molar-refractivity contribution in [2.24, 2.45) is 0 Å². The standard InChI is InChI=1S/C8H7ClN2O4/c1-2-15-8(12)7-6(11(13)14)3-5(9)4-10-7/h3-4H,2H2,1H3. The van der Waals surface area contributed by atoms with Gasteiger partial charge in [0.05, 0.1) is 16.6 Å². The molecule has 0 N–H and O–H groups in total. The topological polar surface area (TPSA) is 82.3 Å². The zero-order valence-electron chi connectivity index (χ0n) is 7.77. The lowest BCUT2D eigenvalue weighted by Crippen LogP contribution is -2.10. The summed E-state index contributed by atoms with van der Waals surface area (Å²) in [4.78, 5) is 24.7. The fourth-order valence-electron chi connectivity index (χ4n) is 0.924. The summed E-state index contributed by atoms with van der Waals surface area (Å²) in [7, 11) is 0. The first-order valence-electron chi connectivity index (χ1n) is 4.03. The molecular formula is C8H7ClN2O4. The zero-order valence-corrected chi connectivity index (χ0v) is 8.52. The van der Waals surface area contributed by atoms with Gasteiger partial charge in [-0.25, -0.2) is 9.78 Å². The van der Waals surface area contributed by atoms with Gasteiger partial charge in [0.1, 0.15) is 0 Å². The SMILES string of the molecule is CCOC(=O)c1ncc(Cl)cc1[N+](=O)[O-]. The Morgan fingerprint density at radius 1 is 1.73 bits per heavy atom. The van der Waals surface area contributed by atoms with Crippen LogP contribution in [-0.2, 0) is 4.74 Å². The monoisotopic (exact) mass is 230 g/mol. The Hall–Kier alpha value is -1.69. The molecule has 1 heterocycles.